The van der Waals surface area contributed by atoms with Crippen molar-refractivity contribution in [2.45, 2.75) is 38.3 Å². The lowest BCUT2D eigenvalue weighted by Gasteiger charge is -2.19. The van der Waals surface area contributed by atoms with Crippen LogP contribution in [0.3, 0.4) is 0 Å². The van der Waals surface area contributed by atoms with Gasteiger partial charge >= 0.3 is 0 Å². The van der Waals surface area contributed by atoms with E-state index < -0.39 is 0 Å². The van der Waals surface area contributed by atoms with Crippen LogP contribution in [0.25, 0.3) is 0 Å². The summed E-state index contributed by atoms with van der Waals surface area (Å²) in [5.74, 6) is 1.56. The van der Waals surface area contributed by atoms with Crippen LogP contribution in [-0.2, 0) is 6.61 Å². The number of rotatable bonds is 5. The van der Waals surface area contributed by atoms with Crippen LogP contribution in [0, 0.1) is 5.92 Å². The molecule has 1 fully saturated rings. The minimum absolute atomic E-state index is 0.177. The molecule has 0 spiro atoms. The second-order valence-corrected chi connectivity index (χ2v) is 5.91. The minimum Gasteiger partial charge on any atom is -0.489 e. The highest BCUT2D eigenvalue weighted by Gasteiger charge is 2.22. The summed E-state index contributed by atoms with van der Waals surface area (Å²) in [6, 6.07) is 18.7. The maximum atomic E-state index is 6.37. The first-order valence-corrected chi connectivity index (χ1v) is 7.85. The molecule has 1 aliphatic rings. The Labute approximate surface area is 126 Å². The normalized spacial score (nSPS) is 16.8. The number of ether oxygens (including phenoxy) is 1. The van der Waals surface area contributed by atoms with E-state index >= 15 is 0 Å². The van der Waals surface area contributed by atoms with Crippen molar-refractivity contribution in [1.82, 2.24) is 0 Å². The van der Waals surface area contributed by atoms with Crippen molar-refractivity contribution >= 4 is 0 Å². The number of hydrogen-bond acceptors (Lipinski definition) is 2. The number of benzene rings is 2. The monoisotopic (exact) mass is 281 g/mol. The van der Waals surface area contributed by atoms with E-state index in [1.54, 1.807) is 0 Å². The molecule has 2 nitrogen and oxygen atoms in total. The van der Waals surface area contributed by atoms with Gasteiger partial charge in [-0.05, 0) is 42.0 Å². The van der Waals surface area contributed by atoms with Gasteiger partial charge in [0.25, 0.3) is 0 Å². The quantitative estimate of drug-likeness (QED) is 0.878. The standard InChI is InChI=1S/C19H23NO/c20-19(16-8-4-5-9-16)17-10-12-18(13-11-17)21-14-15-6-2-1-3-7-15/h1-3,6-7,10-13,16,19H,4-5,8-9,14,20H2/t19-/m1/s1. The Balaban J connectivity index is 1.58. The summed E-state index contributed by atoms with van der Waals surface area (Å²) in [5, 5.41) is 0. The lowest BCUT2D eigenvalue weighted by atomic mass is 9.92. The lowest BCUT2D eigenvalue weighted by Crippen LogP contribution is -2.18. The van der Waals surface area contributed by atoms with Gasteiger partial charge in [-0.15, -0.1) is 0 Å². The minimum atomic E-state index is 0.177. The van der Waals surface area contributed by atoms with Crippen LogP contribution < -0.4 is 10.5 Å². The Bertz CT molecular complexity index is 544. The van der Waals surface area contributed by atoms with Gasteiger partial charge in [-0.1, -0.05) is 55.3 Å². The maximum absolute atomic E-state index is 6.37. The van der Waals surface area contributed by atoms with Crippen molar-refractivity contribution in [3.05, 3.63) is 65.7 Å². The molecular weight excluding hydrogens is 258 g/mol. The van der Waals surface area contributed by atoms with Crippen molar-refractivity contribution in [3.8, 4) is 5.75 Å². The zero-order valence-corrected chi connectivity index (χ0v) is 12.4. The van der Waals surface area contributed by atoms with Gasteiger partial charge in [0.05, 0.1) is 0 Å². The molecule has 1 aliphatic carbocycles. The fourth-order valence-corrected chi connectivity index (χ4v) is 3.12. The van der Waals surface area contributed by atoms with E-state index in [4.69, 9.17) is 10.5 Å². The first-order chi connectivity index (χ1) is 10.3. The molecule has 1 atom stereocenters. The molecule has 2 N–H and O–H groups in total. The first-order valence-electron chi connectivity index (χ1n) is 7.85. The Hall–Kier alpha value is -1.80. The van der Waals surface area contributed by atoms with Crippen LogP contribution in [0.5, 0.6) is 5.75 Å². The van der Waals surface area contributed by atoms with Gasteiger partial charge in [-0.25, -0.2) is 0 Å². The SMILES string of the molecule is N[C@@H](c1ccc(OCc2ccccc2)cc1)C1CCCC1. The van der Waals surface area contributed by atoms with Gasteiger partial charge in [0.1, 0.15) is 12.4 Å². The second kappa shape index (κ2) is 6.77. The molecule has 0 radical (unpaired) electrons. The zero-order valence-electron chi connectivity index (χ0n) is 12.4. The van der Waals surface area contributed by atoms with Crippen molar-refractivity contribution in [1.29, 1.82) is 0 Å². The molecule has 0 saturated heterocycles. The first kappa shape index (κ1) is 14.2. The molecule has 0 heterocycles. The highest BCUT2D eigenvalue weighted by Crippen LogP contribution is 2.34. The molecule has 0 amide bonds. The van der Waals surface area contributed by atoms with E-state index in [-0.39, 0.29) is 6.04 Å². The molecule has 2 heteroatoms. The topological polar surface area (TPSA) is 35.2 Å². The maximum Gasteiger partial charge on any atom is 0.119 e. The van der Waals surface area contributed by atoms with Crippen LogP contribution in [0.4, 0.5) is 0 Å². The molecule has 2 aromatic carbocycles. The Kier molecular flexibility index (Phi) is 4.56. The molecule has 2 aromatic rings. The smallest absolute Gasteiger partial charge is 0.119 e. The Morgan fingerprint density at radius 3 is 2.29 bits per heavy atom. The highest BCUT2D eigenvalue weighted by molar-refractivity contribution is 5.30. The van der Waals surface area contributed by atoms with E-state index in [2.05, 4.69) is 24.3 Å². The van der Waals surface area contributed by atoms with Crippen LogP contribution >= 0.6 is 0 Å². The third-order valence-electron chi connectivity index (χ3n) is 4.42. The molecule has 0 aliphatic heterocycles. The predicted octanol–water partition coefficient (Wildman–Crippen LogP) is 4.46. The van der Waals surface area contributed by atoms with Crippen LogP contribution in [0.1, 0.15) is 42.9 Å². The van der Waals surface area contributed by atoms with E-state index in [1.165, 1.54) is 36.8 Å². The molecule has 3 rings (SSSR count). The van der Waals surface area contributed by atoms with Crippen LogP contribution in [0.15, 0.2) is 54.6 Å². The third-order valence-corrected chi connectivity index (χ3v) is 4.42. The summed E-state index contributed by atoms with van der Waals surface area (Å²) in [6.07, 6.45) is 5.20. The van der Waals surface area contributed by atoms with Crippen molar-refractivity contribution in [2.75, 3.05) is 0 Å². The van der Waals surface area contributed by atoms with Crippen LogP contribution in [-0.4, -0.2) is 0 Å². The summed E-state index contributed by atoms with van der Waals surface area (Å²) >= 11 is 0. The van der Waals surface area contributed by atoms with Gasteiger partial charge in [-0.3, -0.25) is 0 Å². The van der Waals surface area contributed by atoms with Gasteiger partial charge in [0, 0.05) is 6.04 Å². The fourth-order valence-electron chi connectivity index (χ4n) is 3.12. The molecule has 0 bridgehead atoms. The van der Waals surface area contributed by atoms with Gasteiger partial charge < -0.3 is 10.5 Å². The highest BCUT2D eigenvalue weighted by atomic mass is 16.5. The van der Waals surface area contributed by atoms with E-state index in [1.807, 2.05) is 30.3 Å². The molecular formula is C19H23NO. The number of nitrogens with two attached hydrogens (primary N) is 1. The molecule has 1 saturated carbocycles. The molecule has 0 unspecified atom stereocenters. The average Bonchev–Trinajstić information content (AvgIpc) is 3.08. The van der Waals surface area contributed by atoms with Crippen molar-refractivity contribution in [2.24, 2.45) is 11.7 Å². The third kappa shape index (κ3) is 3.64. The Morgan fingerprint density at radius 2 is 1.62 bits per heavy atom. The summed E-state index contributed by atoms with van der Waals surface area (Å²) in [6.45, 7) is 0.606. The fraction of sp³-hybridized carbons (Fsp3) is 0.368. The summed E-state index contributed by atoms with van der Waals surface area (Å²) in [7, 11) is 0. The summed E-state index contributed by atoms with van der Waals surface area (Å²) in [5.41, 5.74) is 8.79. The molecule has 110 valence electrons. The van der Waals surface area contributed by atoms with E-state index in [0.29, 0.717) is 12.5 Å². The van der Waals surface area contributed by atoms with Gasteiger partial charge in [-0.2, -0.15) is 0 Å². The van der Waals surface area contributed by atoms with Crippen molar-refractivity contribution < 1.29 is 4.74 Å². The largest absolute Gasteiger partial charge is 0.489 e. The van der Waals surface area contributed by atoms with Crippen molar-refractivity contribution in [3.63, 3.8) is 0 Å². The Morgan fingerprint density at radius 1 is 0.952 bits per heavy atom. The summed E-state index contributed by atoms with van der Waals surface area (Å²) < 4.78 is 5.81. The number of hydrogen-bond donors (Lipinski definition) is 1. The predicted molar refractivity (Wildman–Crippen MR) is 86.1 cm³/mol. The molecule has 0 aromatic heterocycles. The lowest BCUT2D eigenvalue weighted by molar-refractivity contribution is 0.306. The van der Waals surface area contributed by atoms with E-state index in [0.717, 1.165) is 5.75 Å². The van der Waals surface area contributed by atoms with E-state index in [9.17, 15) is 0 Å². The van der Waals surface area contributed by atoms with Gasteiger partial charge in [0.15, 0.2) is 0 Å². The zero-order chi connectivity index (χ0) is 14.5. The van der Waals surface area contributed by atoms with Crippen LogP contribution in [0.2, 0.25) is 0 Å². The second-order valence-electron chi connectivity index (χ2n) is 5.91. The van der Waals surface area contributed by atoms with Gasteiger partial charge in [0.2, 0.25) is 0 Å². The average molecular weight is 281 g/mol. The summed E-state index contributed by atoms with van der Waals surface area (Å²) in [4.78, 5) is 0. The molecule has 21 heavy (non-hydrogen) atoms.